The van der Waals surface area contributed by atoms with E-state index in [0.717, 1.165) is 37.1 Å². The van der Waals surface area contributed by atoms with E-state index >= 15 is 4.39 Å². The quantitative estimate of drug-likeness (QED) is 0.457. The van der Waals surface area contributed by atoms with Crippen LogP contribution in [0.25, 0.3) is 11.0 Å². The first-order valence-corrected chi connectivity index (χ1v) is 12.6. The van der Waals surface area contributed by atoms with Crippen molar-refractivity contribution in [3.05, 3.63) is 52.6 Å². The Morgan fingerprint density at radius 1 is 1.03 bits per heavy atom. The lowest BCUT2D eigenvalue weighted by atomic mass is 10.0. The standard InChI is InChI=1S/C27H36F2N6O/c1-16(2)35-12-10-34(11-13-35)15-20-14-23-25(31-19(5)32-26(23)33-27(20)36-6)30-18(4)22-9-7-8-21(17(3)28)24(22)29/h7-9,14,16-18H,10-13,15H2,1-6H3,(H,30,31,32,33)/t17?,18-/m1/s1. The second kappa shape index (κ2) is 11.0. The maximum atomic E-state index is 15.0. The number of pyridine rings is 1. The molecule has 1 N–H and O–H groups in total. The molecule has 0 bridgehead atoms. The summed E-state index contributed by atoms with van der Waals surface area (Å²) in [6.07, 6.45) is -1.39. The molecule has 0 radical (unpaired) electrons. The lowest BCUT2D eigenvalue weighted by molar-refractivity contribution is 0.103. The summed E-state index contributed by atoms with van der Waals surface area (Å²) < 4.78 is 34.5. The number of piperazine rings is 1. The predicted molar refractivity (Wildman–Crippen MR) is 139 cm³/mol. The molecule has 7 nitrogen and oxygen atoms in total. The Morgan fingerprint density at radius 2 is 1.72 bits per heavy atom. The van der Waals surface area contributed by atoms with E-state index in [-0.39, 0.29) is 5.56 Å². The number of hydrogen-bond acceptors (Lipinski definition) is 7. The van der Waals surface area contributed by atoms with Crippen LogP contribution in [0, 0.1) is 12.7 Å². The Hall–Kier alpha value is -2.91. The Balaban J connectivity index is 1.65. The highest BCUT2D eigenvalue weighted by Gasteiger charge is 2.23. The van der Waals surface area contributed by atoms with Gasteiger partial charge in [0, 0.05) is 55.5 Å². The molecule has 1 aliphatic rings. The van der Waals surface area contributed by atoms with Crippen LogP contribution in [0.4, 0.5) is 14.6 Å². The smallest absolute Gasteiger partial charge is 0.219 e. The molecule has 0 spiro atoms. The number of ether oxygens (including phenoxy) is 1. The third-order valence-electron chi connectivity index (χ3n) is 6.87. The van der Waals surface area contributed by atoms with Crippen molar-refractivity contribution < 1.29 is 13.5 Å². The van der Waals surface area contributed by atoms with Crippen molar-refractivity contribution in [2.24, 2.45) is 0 Å². The molecule has 1 aromatic carbocycles. The van der Waals surface area contributed by atoms with E-state index in [4.69, 9.17) is 4.74 Å². The van der Waals surface area contributed by atoms with Gasteiger partial charge in [0.05, 0.1) is 18.5 Å². The summed E-state index contributed by atoms with van der Waals surface area (Å²) in [5, 5.41) is 4.06. The SMILES string of the molecule is COc1nc2nc(C)nc(N[C@H](C)c3cccc(C(C)F)c3F)c2cc1CN1CCN(C(C)C)CC1. The van der Waals surface area contributed by atoms with E-state index in [1.165, 1.54) is 13.0 Å². The monoisotopic (exact) mass is 498 g/mol. The average Bonchev–Trinajstić information content (AvgIpc) is 2.84. The number of benzene rings is 1. The van der Waals surface area contributed by atoms with Gasteiger partial charge >= 0.3 is 0 Å². The summed E-state index contributed by atoms with van der Waals surface area (Å²) in [6.45, 7) is 14.1. The summed E-state index contributed by atoms with van der Waals surface area (Å²) in [5.74, 6) is 1.10. The number of halogens is 2. The molecule has 1 saturated heterocycles. The molecule has 1 fully saturated rings. The second-order valence-electron chi connectivity index (χ2n) is 9.79. The minimum Gasteiger partial charge on any atom is -0.481 e. The average molecular weight is 499 g/mol. The molecule has 36 heavy (non-hydrogen) atoms. The number of hydrogen-bond donors (Lipinski definition) is 1. The van der Waals surface area contributed by atoms with Crippen molar-refractivity contribution >= 4 is 16.9 Å². The molecule has 194 valence electrons. The fourth-order valence-electron chi connectivity index (χ4n) is 4.76. The molecule has 2 aromatic heterocycles. The second-order valence-corrected chi connectivity index (χ2v) is 9.79. The zero-order valence-corrected chi connectivity index (χ0v) is 22.0. The first-order valence-electron chi connectivity index (χ1n) is 12.6. The van der Waals surface area contributed by atoms with E-state index in [1.54, 1.807) is 26.2 Å². The molecule has 0 saturated carbocycles. The number of fused-ring (bicyclic) bond motifs is 1. The summed E-state index contributed by atoms with van der Waals surface area (Å²) in [4.78, 5) is 18.7. The molecule has 3 heterocycles. The van der Waals surface area contributed by atoms with Crippen LogP contribution in [0.3, 0.4) is 0 Å². The summed E-state index contributed by atoms with van der Waals surface area (Å²) >= 11 is 0. The molecule has 0 aliphatic carbocycles. The van der Waals surface area contributed by atoms with E-state index in [1.807, 2.05) is 13.0 Å². The van der Waals surface area contributed by atoms with E-state index in [9.17, 15) is 4.39 Å². The van der Waals surface area contributed by atoms with Gasteiger partial charge < -0.3 is 10.1 Å². The van der Waals surface area contributed by atoms with Crippen LogP contribution in [0.5, 0.6) is 5.88 Å². The Kier molecular flexibility index (Phi) is 8.00. The van der Waals surface area contributed by atoms with Crippen LogP contribution in [-0.4, -0.2) is 64.1 Å². The first-order chi connectivity index (χ1) is 17.2. The molecular weight excluding hydrogens is 462 g/mol. The fourth-order valence-corrected chi connectivity index (χ4v) is 4.76. The molecule has 3 aromatic rings. The zero-order valence-electron chi connectivity index (χ0n) is 22.0. The largest absolute Gasteiger partial charge is 0.481 e. The van der Waals surface area contributed by atoms with Crippen LogP contribution < -0.4 is 10.1 Å². The number of rotatable bonds is 8. The van der Waals surface area contributed by atoms with Crippen molar-refractivity contribution in [2.75, 3.05) is 38.6 Å². The highest BCUT2D eigenvalue weighted by atomic mass is 19.1. The van der Waals surface area contributed by atoms with Gasteiger partial charge in [-0.1, -0.05) is 18.2 Å². The van der Waals surface area contributed by atoms with E-state index < -0.39 is 18.0 Å². The van der Waals surface area contributed by atoms with Gasteiger partial charge in [-0.3, -0.25) is 9.80 Å². The Bertz CT molecular complexity index is 1210. The lowest BCUT2D eigenvalue weighted by Crippen LogP contribution is -2.48. The van der Waals surface area contributed by atoms with Crippen LogP contribution in [0.2, 0.25) is 0 Å². The Labute approximate surface area is 211 Å². The van der Waals surface area contributed by atoms with Gasteiger partial charge in [-0.25, -0.2) is 18.7 Å². The maximum Gasteiger partial charge on any atom is 0.219 e. The van der Waals surface area contributed by atoms with Gasteiger partial charge in [0.25, 0.3) is 0 Å². The van der Waals surface area contributed by atoms with Crippen molar-refractivity contribution in [3.63, 3.8) is 0 Å². The van der Waals surface area contributed by atoms with Gasteiger partial charge in [-0.2, -0.15) is 4.98 Å². The minimum atomic E-state index is -1.39. The highest BCUT2D eigenvalue weighted by molar-refractivity contribution is 5.87. The lowest BCUT2D eigenvalue weighted by Gasteiger charge is -2.37. The molecule has 4 rings (SSSR count). The molecule has 9 heteroatoms. The van der Waals surface area contributed by atoms with Gasteiger partial charge in [0.1, 0.15) is 23.6 Å². The molecule has 1 aliphatic heterocycles. The van der Waals surface area contributed by atoms with Crippen LogP contribution in [0.15, 0.2) is 24.3 Å². The first kappa shape index (κ1) is 26.2. The van der Waals surface area contributed by atoms with Gasteiger partial charge in [-0.15, -0.1) is 0 Å². The third kappa shape index (κ3) is 5.57. The van der Waals surface area contributed by atoms with Crippen LogP contribution in [0.1, 0.15) is 62.4 Å². The molecule has 1 unspecified atom stereocenters. The Morgan fingerprint density at radius 3 is 2.36 bits per heavy atom. The van der Waals surface area contributed by atoms with E-state index in [0.29, 0.717) is 41.3 Å². The summed E-state index contributed by atoms with van der Waals surface area (Å²) in [7, 11) is 1.62. The summed E-state index contributed by atoms with van der Waals surface area (Å²) in [6, 6.07) is 6.92. The number of methoxy groups -OCH3 is 1. The van der Waals surface area contributed by atoms with Crippen LogP contribution in [-0.2, 0) is 6.54 Å². The normalized spacial score (nSPS) is 16.9. The third-order valence-corrected chi connectivity index (χ3v) is 6.87. The van der Waals surface area contributed by atoms with Crippen molar-refractivity contribution in [1.29, 1.82) is 0 Å². The van der Waals surface area contributed by atoms with Crippen molar-refractivity contribution in [3.8, 4) is 5.88 Å². The highest BCUT2D eigenvalue weighted by Crippen LogP contribution is 2.31. The molecule has 0 amide bonds. The fraction of sp³-hybridized carbons (Fsp3) is 0.519. The maximum absolute atomic E-state index is 15.0. The van der Waals surface area contributed by atoms with E-state index in [2.05, 4.69) is 43.9 Å². The predicted octanol–water partition coefficient (Wildman–Crippen LogP) is 5.21. The molecular formula is C27H36F2N6O. The number of aromatic nitrogens is 3. The van der Waals surface area contributed by atoms with Gasteiger partial charge in [-0.05, 0) is 40.7 Å². The topological polar surface area (TPSA) is 66.4 Å². The number of alkyl halides is 1. The number of nitrogens with one attached hydrogen (secondary N) is 1. The number of nitrogens with zero attached hydrogens (tertiary/aromatic N) is 5. The number of aryl methyl sites for hydroxylation is 1. The zero-order chi connectivity index (χ0) is 26.0. The van der Waals surface area contributed by atoms with Crippen molar-refractivity contribution in [2.45, 2.75) is 59.4 Å². The van der Waals surface area contributed by atoms with Crippen molar-refractivity contribution in [1.82, 2.24) is 24.8 Å². The summed E-state index contributed by atoms with van der Waals surface area (Å²) in [5.41, 5.74) is 1.89. The minimum absolute atomic E-state index is 0.0520. The van der Waals surface area contributed by atoms with Crippen LogP contribution >= 0.6 is 0 Å². The molecule has 2 atom stereocenters. The number of anilines is 1. The van der Waals surface area contributed by atoms with Gasteiger partial charge in [0.15, 0.2) is 5.65 Å². The van der Waals surface area contributed by atoms with Gasteiger partial charge in [0.2, 0.25) is 5.88 Å².